The van der Waals surface area contributed by atoms with Gasteiger partial charge in [0, 0.05) is 36.6 Å². The van der Waals surface area contributed by atoms with E-state index in [4.69, 9.17) is 0 Å². The van der Waals surface area contributed by atoms with Gasteiger partial charge in [-0.25, -0.2) is 0 Å². The Hall–Kier alpha value is -3.40. The van der Waals surface area contributed by atoms with Gasteiger partial charge in [-0.1, -0.05) is 42.5 Å². The van der Waals surface area contributed by atoms with E-state index >= 15 is 0 Å². The molecule has 0 fully saturated rings. The van der Waals surface area contributed by atoms with E-state index in [0.717, 1.165) is 11.4 Å². The number of carbonyl (C=O) groups excluding carboxylic acids is 2. The molecule has 3 rings (SSSR count). The van der Waals surface area contributed by atoms with Crippen molar-refractivity contribution in [2.24, 2.45) is 0 Å². The Balaban J connectivity index is 1.84. The van der Waals surface area contributed by atoms with Gasteiger partial charge in [-0.15, -0.1) is 0 Å². The molecule has 2 amide bonds. The van der Waals surface area contributed by atoms with Crippen LogP contribution in [-0.2, 0) is 0 Å². The number of rotatable bonds is 4. The van der Waals surface area contributed by atoms with E-state index in [1.165, 1.54) is 0 Å². The Morgan fingerprint density at radius 3 is 1.35 bits per heavy atom. The second-order valence-electron chi connectivity index (χ2n) is 5.98. The van der Waals surface area contributed by atoms with Crippen molar-refractivity contribution in [2.45, 2.75) is 0 Å². The molecule has 0 radical (unpaired) electrons. The minimum absolute atomic E-state index is 0.0974. The van der Waals surface area contributed by atoms with Gasteiger partial charge < -0.3 is 9.80 Å². The predicted octanol–water partition coefficient (Wildman–Crippen LogP) is 4.24. The lowest BCUT2D eigenvalue weighted by atomic mass is 10.1. The zero-order chi connectivity index (χ0) is 18.5. The molecule has 0 heterocycles. The van der Waals surface area contributed by atoms with Crippen molar-refractivity contribution in [3.8, 4) is 0 Å². The summed E-state index contributed by atoms with van der Waals surface area (Å²) in [6.07, 6.45) is 0. The first-order valence-corrected chi connectivity index (χ1v) is 8.34. The van der Waals surface area contributed by atoms with Crippen LogP contribution in [0.1, 0.15) is 20.7 Å². The average molecular weight is 344 g/mol. The lowest BCUT2D eigenvalue weighted by molar-refractivity contribution is 0.0986. The predicted molar refractivity (Wildman–Crippen MR) is 105 cm³/mol. The Morgan fingerprint density at radius 1 is 0.577 bits per heavy atom. The van der Waals surface area contributed by atoms with Gasteiger partial charge in [0.1, 0.15) is 0 Å². The summed E-state index contributed by atoms with van der Waals surface area (Å²) in [4.78, 5) is 28.4. The van der Waals surface area contributed by atoms with Crippen LogP contribution in [0.25, 0.3) is 0 Å². The summed E-state index contributed by atoms with van der Waals surface area (Å²) >= 11 is 0. The summed E-state index contributed by atoms with van der Waals surface area (Å²) in [5.41, 5.74) is 2.69. The Kier molecular flexibility index (Phi) is 5.13. The first-order valence-electron chi connectivity index (χ1n) is 8.34. The maximum absolute atomic E-state index is 12.6. The number of benzene rings is 3. The minimum atomic E-state index is -0.0974. The molecule has 0 aliphatic carbocycles. The van der Waals surface area contributed by atoms with E-state index in [2.05, 4.69) is 0 Å². The number of nitrogens with zero attached hydrogens (tertiary/aromatic N) is 2. The molecule has 0 aliphatic rings. The van der Waals surface area contributed by atoms with Crippen LogP contribution in [0.5, 0.6) is 0 Å². The number of anilines is 2. The third kappa shape index (κ3) is 3.64. The van der Waals surface area contributed by atoms with Crippen LogP contribution in [0, 0.1) is 0 Å². The Morgan fingerprint density at radius 2 is 0.962 bits per heavy atom. The van der Waals surface area contributed by atoms with Gasteiger partial charge in [0.05, 0.1) is 0 Å². The van der Waals surface area contributed by atoms with E-state index in [1.54, 1.807) is 48.2 Å². The highest BCUT2D eigenvalue weighted by Crippen LogP contribution is 2.23. The monoisotopic (exact) mass is 344 g/mol. The van der Waals surface area contributed by atoms with Gasteiger partial charge in [0.2, 0.25) is 0 Å². The molecule has 4 heteroatoms. The molecule has 26 heavy (non-hydrogen) atoms. The van der Waals surface area contributed by atoms with Crippen LogP contribution in [0.3, 0.4) is 0 Å². The molecule has 130 valence electrons. The highest BCUT2D eigenvalue weighted by atomic mass is 16.2. The summed E-state index contributed by atoms with van der Waals surface area (Å²) in [6.45, 7) is 0. The smallest absolute Gasteiger partial charge is 0.258 e. The van der Waals surface area contributed by atoms with Crippen molar-refractivity contribution in [3.63, 3.8) is 0 Å². The van der Waals surface area contributed by atoms with E-state index in [1.807, 2.05) is 60.7 Å². The molecule has 3 aromatic rings. The molecule has 0 saturated carbocycles. The number of hydrogen-bond acceptors (Lipinski definition) is 2. The second kappa shape index (κ2) is 7.66. The molecule has 0 spiro atoms. The van der Waals surface area contributed by atoms with E-state index in [9.17, 15) is 9.59 Å². The minimum Gasteiger partial charge on any atom is -0.311 e. The first-order chi connectivity index (χ1) is 12.6. The fourth-order valence-electron chi connectivity index (χ4n) is 2.69. The SMILES string of the molecule is CN(C(=O)c1ccccc1)c1cccc(N(C)C(=O)c2ccccc2)c1. The van der Waals surface area contributed by atoms with Gasteiger partial charge in [0.15, 0.2) is 0 Å². The fourth-order valence-corrected chi connectivity index (χ4v) is 2.69. The van der Waals surface area contributed by atoms with Gasteiger partial charge in [0.25, 0.3) is 11.8 Å². The Labute approximate surface area is 153 Å². The largest absolute Gasteiger partial charge is 0.311 e. The van der Waals surface area contributed by atoms with Gasteiger partial charge in [-0.2, -0.15) is 0 Å². The van der Waals surface area contributed by atoms with Gasteiger partial charge in [-0.3, -0.25) is 9.59 Å². The summed E-state index contributed by atoms with van der Waals surface area (Å²) in [5.74, 6) is -0.195. The van der Waals surface area contributed by atoms with Crippen LogP contribution >= 0.6 is 0 Å². The summed E-state index contributed by atoms with van der Waals surface area (Å²) in [6, 6.07) is 25.6. The summed E-state index contributed by atoms with van der Waals surface area (Å²) < 4.78 is 0. The number of hydrogen-bond donors (Lipinski definition) is 0. The third-order valence-electron chi connectivity index (χ3n) is 4.26. The highest BCUT2D eigenvalue weighted by molar-refractivity contribution is 6.08. The zero-order valence-electron chi connectivity index (χ0n) is 14.8. The molecule has 0 N–H and O–H groups in total. The van der Waals surface area contributed by atoms with Crippen LogP contribution in [0.4, 0.5) is 11.4 Å². The summed E-state index contributed by atoms with van der Waals surface area (Å²) in [5, 5.41) is 0. The molecular weight excluding hydrogens is 324 g/mol. The van der Waals surface area contributed by atoms with Crippen molar-refractivity contribution in [3.05, 3.63) is 96.1 Å². The van der Waals surface area contributed by atoms with Gasteiger partial charge >= 0.3 is 0 Å². The average Bonchev–Trinajstić information content (AvgIpc) is 2.73. The topological polar surface area (TPSA) is 40.6 Å². The van der Waals surface area contributed by atoms with Gasteiger partial charge in [-0.05, 0) is 42.5 Å². The lowest BCUT2D eigenvalue weighted by Crippen LogP contribution is -2.28. The van der Waals surface area contributed by atoms with Crippen LogP contribution in [0.15, 0.2) is 84.9 Å². The summed E-state index contributed by atoms with van der Waals surface area (Å²) in [7, 11) is 3.46. The van der Waals surface area contributed by atoms with E-state index < -0.39 is 0 Å². The molecule has 0 unspecified atom stereocenters. The molecule has 0 saturated heterocycles. The third-order valence-corrected chi connectivity index (χ3v) is 4.26. The number of amides is 2. The molecule has 3 aromatic carbocycles. The van der Waals surface area contributed by atoms with Crippen molar-refractivity contribution in [1.29, 1.82) is 0 Å². The van der Waals surface area contributed by atoms with Crippen molar-refractivity contribution in [1.82, 2.24) is 0 Å². The van der Waals surface area contributed by atoms with Crippen LogP contribution < -0.4 is 9.80 Å². The number of carbonyl (C=O) groups is 2. The molecule has 4 nitrogen and oxygen atoms in total. The van der Waals surface area contributed by atoms with Crippen LogP contribution in [-0.4, -0.2) is 25.9 Å². The lowest BCUT2D eigenvalue weighted by Gasteiger charge is -2.22. The van der Waals surface area contributed by atoms with E-state index in [0.29, 0.717) is 11.1 Å². The zero-order valence-corrected chi connectivity index (χ0v) is 14.8. The van der Waals surface area contributed by atoms with Crippen molar-refractivity contribution < 1.29 is 9.59 Å². The normalized spacial score (nSPS) is 10.2. The fraction of sp³-hybridized carbons (Fsp3) is 0.0909. The molecule has 0 aromatic heterocycles. The van der Waals surface area contributed by atoms with E-state index in [-0.39, 0.29) is 11.8 Å². The first kappa shape index (κ1) is 17.4. The maximum atomic E-state index is 12.6. The maximum Gasteiger partial charge on any atom is 0.258 e. The van der Waals surface area contributed by atoms with Crippen molar-refractivity contribution in [2.75, 3.05) is 23.9 Å². The molecular formula is C22H20N2O2. The highest BCUT2D eigenvalue weighted by Gasteiger charge is 2.16. The van der Waals surface area contributed by atoms with Crippen LogP contribution in [0.2, 0.25) is 0 Å². The second-order valence-corrected chi connectivity index (χ2v) is 5.98. The quantitative estimate of drug-likeness (QED) is 0.710. The van der Waals surface area contributed by atoms with Crippen molar-refractivity contribution >= 4 is 23.2 Å². The Bertz CT molecular complexity index is 835. The molecule has 0 aliphatic heterocycles. The standard InChI is InChI=1S/C22H20N2O2/c1-23(21(25)17-10-5-3-6-11-17)19-14-9-15-20(16-19)24(2)22(26)18-12-7-4-8-13-18/h3-16H,1-2H3. The molecule has 0 bridgehead atoms. The molecule has 0 atom stereocenters.